The van der Waals surface area contributed by atoms with Gasteiger partial charge >= 0.3 is 0 Å². The molecule has 180 valence electrons. The van der Waals surface area contributed by atoms with E-state index in [1.54, 1.807) is 6.20 Å². The first kappa shape index (κ1) is 22.1. The number of rotatable bonds is 3. The number of benzene rings is 1. The maximum absolute atomic E-state index is 9.52. The summed E-state index contributed by atoms with van der Waals surface area (Å²) in [5.41, 5.74) is 5.18. The van der Waals surface area contributed by atoms with Gasteiger partial charge in [-0.1, -0.05) is 0 Å². The van der Waals surface area contributed by atoms with Crippen LogP contribution in [0.4, 0.5) is 17.2 Å². The number of aromatic nitrogens is 2. The van der Waals surface area contributed by atoms with E-state index < -0.39 is 0 Å². The Hall–Kier alpha value is -3.41. The van der Waals surface area contributed by atoms with E-state index in [0.29, 0.717) is 11.6 Å². The Morgan fingerprint density at radius 3 is 2.43 bits per heavy atom. The quantitative estimate of drug-likeness (QED) is 0.627. The lowest BCUT2D eigenvalue weighted by Crippen LogP contribution is -2.62. The van der Waals surface area contributed by atoms with E-state index in [1.807, 2.05) is 12.1 Å². The van der Waals surface area contributed by atoms with E-state index in [1.165, 1.54) is 16.9 Å². The molecule has 3 aliphatic rings. The SMILES string of the molecule is Cc1cc(N2CCNCC2)ncc1N1CCN2CCN(c3ccc(C#N)c4ncccc34)CC2C1. The highest BCUT2D eigenvalue weighted by Crippen LogP contribution is 2.32. The minimum atomic E-state index is 0.451. The molecule has 0 spiro atoms. The van der Waals surface area contributed by atoms with Crippen LogP contribution in [-0.4, -0.2) is 86.4 Å². The number of hydrogen-bond donors (Lipinski definition) is 1. The fraction of sp³-hybridized carbons (Fsp3) is 0.444. The molecule has 2 aromatic heterocycles. The lowest BCUT2D eigenvalue weighted by atomic mass is 10.0. The molecule has 3 saturated heterocycles. The van der Waals surface area contributed by atoms with E-state index in [2.05, 4.69) is 67.3 Å². The summed E-state index contributed by atoms with van der Waals surface area (Å²) in [6.07, 6.45) is 3.86. The van der Waals surface area contributed by atoms with Gasteiger partial charge in [-0.2, -0.15) is 5.26 Å². The zero-order chi connectivity index (χ0) is 23.8. The van der Waals surface area contributed by atoms with Crippen LogP contribution in [0, 0.1) is 18.3 Å². The molecule has 1 aromatic carbocycles. The van der Waals surface area contributed by atoms with Crippen molar-refractivity contribution in [3.05, 3.63) is 53.9 Å². The molecule has 1 N–H and O–H groups in total. The summed E-state index contributed by atoms with van der Waals surface area (Å²) in [5, 5.41) is 14.0. The van der Waals surface area contributed by atoms with Crippen LogP contribution in [0.15, 0.2) is 42.7 Å². The molecule has 3 aromatic rings. The molecule has 1 atom stereocenters. The molecular formula is C27H32N8. The molecule has 3 fully saturated rings. The van der Waals surface area contributed by atoms with Crippen molar-refractivity contribution < 1.29 is 0 Å². The van der Waals surface area contributed by atoms with Crippen LogP contribution in [0.2, 0.25) is 0 Å². The topological polar surface area (TPSA) is 74.6 Å². The first-order valence-corrected chi connectivity index (χ1v) is 12.7. The van der Waals surface area contributed by atoms with Crippen LogP contribution < -0.4 is 20.0 Å². The van der Waals surface area contributed by atoms with Gasteiger partial charge in [-0.25, -0.2) is 4.98 Å². The second kappa shape index (κ2) is 9.33. The second-order valence-electron chi connectivity index (χ2n) is 9.79. The third-order valence-electron chi connectivity index (χ3n) is 7.75. The van der Waals surface area contributed by atoms with Crippen LogP contribution >= 0.6 is 0 Å². The predicted octanol–water partition coefficient (Wildman–Crippen LogP) is 2.23. The van der Waals surface area contributed by atoms with Gasteiger partial charge in [-0.05, 0) is 42.8 Å². The normalized spacial score (nSPS) is 21.1. The Morgan fingerprint density at radius 1 is 0.914 bits per heavy atom. The number of hydrogen-bond acceptors (Lipinski definition) is 8. The number of nitriles is 1. The van der Waals surface area contributed by atoms with Gasteiger partial charge in [0.25, 0.3) is 0 Å². The maximum atomic E-state index is 9.52. The third kappa shape index (κ3) is 4.15. The molecule has 0 bridgehead atoms. The molecule has 1 unspecified atom stereocenters. The number of nitrogens with one attached hydrogen (secondary N) is 1. The van der Waals surface area contributed by atoms with E-state index in [4.69, 9.17) is 4.98 Å². The molecule has 3 aliphatic heterocycles. The van der Waals surface area contributed by atoms with Crippen molar-refractivity contribution in [1.29, 1.82) is 5.26 Å². The predicted molar refractivity (Wildman–Crippen MR) is 140 cm³/mol. The number of piperazine rings is 3. The monoisotopic (exact) mass is 468 g/mol. The maximum Gasteiger partial charge on any atom is 0.128 e. The molecule has 0 saturated carbocycles. The van der Waals surface area contributed by atoms with Crippen molar-refractivity contribution in [3.63, 3.8) is 0 Å². The van der Waals surface area contributed by atoms with E-state index in [9.17, 15) is 5.26 Å². The highest BCUT2D eigenvalue weighted by Gasteiger charge is 2.33. The summed E-state index contributed by atoms with van der Waals surface area (Å²) in [5.74, 6) is 1.09. The van der Waals surface area contributed by atoms with Gasteiger partial charge in [0.2, 0.25) is 0 Å². The van der Waals surface area contributed by atoms with Gasteiger partial charge in [0.15, 0.2) is 0 Å². The molecule has 0 amide bonds. The van der Waals surface area contributed by atoms with Crippen LogP contribution in [-0.2, 0) is 0 Å². The number of nitrogens with zero attached hydrogens (tertiary/aromatic N) is 7. The summed E-state index contributed by atoms with van der Waals surface area (Å²) in [6, 6.07) is 13.1. The summed E-state index contributed by atoms with van der Waals surface area (Å²) < 4.78 is 0. The summed E-state index contributed by atoms with van der Waals surface area (Å²) in [7, 11) is 0. The van der Waals surface area contributed by atoms with Gasteiger partial charge in [-0.3, -0.25) is 9.88 Å². The van der Waals surface area contributed by atoms with Crippen molar-refractivity contribution in [1.82, 2.24) is 20.2 Å². The van der Waals surface area contributed by atoms with Gasteiger partial charge < -0.3 is 20.0 Å². The smallest absolute Gasteiger partial charge is 0.128 e. The van der Waals surface area contributed by atoms with Gasteiger partial charge in [0.05, 0.1) is 23.0 Å². The Labute approximate surface area is 206 Å². The Balaban J connectivity index is 1.21. The minimum absolute atomic E-state index is 0.451. The molecule has 6 rings (SSSR count). The van der Waals surface area contributed by atoms with Gasteiger partial charge in [-0.15, -0.1) is 0 Å². The zero-order valence-electron chi connectivity index (χ0n) is 20.3. The fourth-order valence-corrected chi connectivity index (χ4v) is 5.85. The largest absolute Gasteiger partial charge is 0.368 e. The highest BCUT2D eigenvalue weighted by atomic mass is 15.4. The first-order chi connectivity index (χ1) is 17.2. The van der Waals surface area contributed by atoms with E-state index in [0.717, 1.165) is 82.2 Å². The molecule has 8 heteroatoms. The van der Waals surface area contributed by atoms with Crippen LogP contribution in [0.25, 0.3) is 10.9 Å². The number of aryl methyl sites for hydroxylation is 1. The summed E-state index contributed by atoms with van der Waals surface area (Å²) in [4.78, 5) is 19.4. The van der Waals surface area contributed by atoms with Crippen LogP contribution in [0.1, 0.15) is 11.1 Å². The summed E-state index contributed by atoms with van der Waals surface area (Å²) in [6.45, 7) is 12.4. The number of pyridine rings is 2. The van der Waals surface area contributed by atoms with Gasteiger partial charge in [0.1, 0.15) is 11.9 Å². The Kier molecular flexibility index (Phi) is 5.88. The van der Waals surface area contributed by atoms with Crippen molar-refractivity contribution in [2.75, 3.05) is 80.1 Å². The molecule has 0 radical (unpaired) electrons. The third-order valence-corrected chi connectivity index (χ3v) is 7.75. The van der Waals surface area contributed by atoms with Crippen molar-refractivity contribution in [2.24, 2.45) is 0 Å². The zero-order valence-corrected chi connectivity index (χ0v) is 20.3. The Bertz CT molecular complexity index is 1260. The summed E-state index contributed by atoms with van der Waals surface area (Å²) >= 11 is 0. The van der Waals surface area contributed by atoms with Crippen molar-refractivity contribution >= 4 is 28.1 Å². The molecule has 5 heterocycles. The van der Waals surface area contributed by atoms with E-state index in [-0.39, 0.29) is 0 Å². The molecule has 8 nitrogen and oxygen atoms in total. The van der Waals surface area contributed by atoms with Crippen molar-refractivity contribution in [3.8, 4) is 6.07 Å². The Morgan fingerprint density at radius 2 is 1.69 bits per heavy atom. The standard InChI is InChI=1S/C27H32N8/c1-20-15-26(33-9-7-29-8-10-33)31-17-25(20)35-14-12-32-11-13-34(18-22(32)19-35)24-5-4-21(16-28)27-23(24)3-2-6-30-27/h2-6,15,17,22,29H,7-14,18-19H2,1H3. The average molecular weight is 469 g/mol. The molecular weight excluding hydrogens is 436 g/mol. The average Bonchev–Trinajstić information content (AvgIpc) is 2.92. The first-order valence-electron chi connectivity index (χ1n) is 12.7. The number of anilines is 3. The van der Waals surface area contributed by atoms with E-state index >= 15 is 0 Å². The second-order valence-corrected chi connectivity index (χ2v) is 9.79. The minimum Gasteiger partial charge on any atom is -0.368 e. The lowest BCUT2D eigenvalue weighted by Gasteiger charge is -2.48. The van der Waals surface area contributed by atoms with Crippen LogP contribution in [0.5, 0.6) is 0 Å². The fourth-order valence-electron chi connectivity index (χ4n) is 5.85. The lowest BCUT2D eigenvalue weighted by molar-refractivity contribution is 0.160. The highest BCUT2D eigenvalue weighted by molar-refractivity contribution is 5.95. The van der Waals surface area contributed by atoms with Gasteiger partial charge in [0, 0.05) is 88.8 Å². The number of fused-ring (bicyclic) bond motifs is 2. The van der Waals surface area contributed by atoms with Crippen molar-refractivity contribution in [2.45, 2.75) is 13.0 Å². The molecule has 0 aliphatic carbocycles. The van der Waals surface area contributed by atoms with Crippen LogP contribution in [0.3, 0.4) is 0 Å². The molecule has 35 heavy (non-hydrogen) atoms.